The molecule has 0 spiro atoms. The van der Waals surface area contributed by atoms with Crippen LogP contribution in [0.2, 0.25) is 0 Å². The quantitative estimate of drug-likeness (QED) is 0.705. The van der Waals surface area contributed by atoms with Crippen LogP contribution < -0.4 is 0 Å². The molecule has 14 heavy (non-hydrogen) atoms. The second-order valence-electron chi connectivity index (χ2n) is 2.67. The van der Waals surface area contributed by atoms with Gasteiger partial charge >= 0.3 is 0 Å². The Morgan fingerprint density at radius 3 is 2.86 bits per heavy atom. The zero-order chi connectivity index (χ0) is 10.6. The van der Waals surface area contributed by atoms with Crippen molar-refractivity contribution in [3.63, 3.8) is 0 Å². The summed E-state index contributed by atoms with van der Waals surface area (Å²) in [4.78, 5) is 0. The minimum atomic E-state index is -2.13. The summed E-state index contributed by atoms with van der Waals surface area (Å²) in [5.74, 6) is -0.547. The predicted molar refractivity (Wildman–Crippen MR) is 48.6 cm³/mol. The fraction of sp³-hybridized carbons (Fsp3) is 0.222. The van der Waals surface area contributed by atoms with E-state index in [1.807, 2.05) is 6.07 Å². The Morgan fingerprint density at radius 2 is 2.29 bits per heavy atom. The van der Waals surface area contributed by atoms with Gasteiger partial charge in [-0.1, -0.05) is 17.1 Å². The number of halogens is 1. The maximum atomic E-state index is 12.7. The zero-order valence-electron chi connectivity index (χ0n) is 7.20. The highest BCUT2D eigenvalue weighted by atomic mass is 32.2. The third kappa shape index (κ3) is 2.91. The van der Waals surface area contributed by atoms with Crippen molar-refractivity contribution in [2.75, 3.05) is 5.75 Å². The second-order valence-corrected chi connectivity index (χ2v) is 3.69. The number of nitrogens with zero attached hydrogens (tertiary/aromatic N) is 1. The van der Waals surface area contributed by atoms with Crippen LogP contribution in [0.5, 0.6) is 0 Å². The highest BCUT2D eigenvalue weighted by molar-refractivity contribution is 7.79. The Morgan fingerprint density at radius 1 is 1.57 bits per heavy atom. The molecule has 1 atom stereocenters. The largest absolute Gasteiger partial charge is 0.772 e. The summed E-state index contributed by atoms with van der Waals surface area (Å²) in [6, 6.07) is 5.56. The smallest absolute Gasteiger partial charge is 0.124 e. The summed E-state index contributed by atoms with van der Waals surface area (Å²) in [6.45, 7) is 0. The molecule has 0 aliphatic heterocycles. The first kappa shape index (κ1) is 10.8. The maximum Gasteiger partial charge on any atom is 0.124 e. The van der Waals surface area contributed by atoms with Gasteiger partial charge < -0.3 is 4.55 Å². The third-order valence-corrected chi connectivity index (χ3v) is 2.27. The molecule has 74 valence electrons. The van der Waals surface area contributed by atoms with Gasteiger partial charge in [0.2, 0.25) is 0 Å². The molecule has 0 saturated carbocycles. The molecule has 0 bridgehead atoms. The summed E-state index contributed by atoms with van der Waals surface area (Å²) >= 11 is -2.13. The molecule has 1 rings (SSSR count). The van der Waals surface area contributed by atoms with Gasteiger partial charge in [-0.3, -0.25) is 4.21 Å². The van der Waals surface area contributed by atoms with Gasteiger partial charge in [-0.25, -0.2) is 4.39 Å². The minimum Gasteiger partial charge on any atom is -0.772 e. The summed E-state index contributed by atoms with van der Waals surface area (Å²) in [5, 5.41) is 8.64. The van der Waals surface area contributed by atoms with Crippen molar-refractivity contribution in [1.82, 2.24) is 0 Å². The van der Waals surface area contributed by atoms with Crippen LogP contribution in [-0.4, -0.2) is 14.5 Å². The molecule has 0 aliphatic carbocycles. The highest BCUT2D eigenvalue weighted by Gasteiger charge is 2.03. The van der Waals surface area contributed by atoms with Gasteiger partial charge in [0.1, 0.15) is 5.82 Å². The third-order valence-electron chi connectivity index (χ3n) is 1.73. The van der Waals surface area contributed by atoms with Crippen LogP contribution in [-0.2, 0) is 17.5 Å². The molecule has 0 aromatic heterocycles. The normalized spacial score (nSPS) is 12.1. The Balaban J connectivity index is 2.87. The number of hydrogen-bond acceptors (Lipinski definition) is 3. The number of rotatable bonds is 3. The fourth-order valence-corrected chi connectivity index (χ4v) is 1.45. The fourth-order valence-electron chi connectivity index (χ4n) is 1.06. The van der Waals surface area contributed by atoms with Crippen molar-refractivity contribution >= 4 is 11.1 Å². The monoisotopic (exact) mass is 212 g/mol. The van der Waals surface area contributed by atoms with Gasteiger partial charge in [0.25, 0.3) is 0 Å². The molecule has 0 radical (unpaired) electrons. The topological polar surface area (TPSA) is 63.9 Å². The number of nitriles is 1. The average Bonchev–Trinajstić information content (AvgIpc) is 2.15. The van der Waals surface area contributed by atoms with Crippen molar-refractivity contribution < 1.29 is 13.2 Å². The van der Waals surface area contributed by atoms with Crippen molar-refractivity contribution in [3.8, 4) is 6.07 Å². The Labute approximate surface area is 83.5 Å². The van der Waals surface area contributed by atoms with Crippen molar-refractivity contribution in [3.05, 3.63) is 35.1 Å². The van der Waals surface area contributed by atoms with E-state index < -0.39 is 16.9 Å². The van der Waals surface area contributed by atoms with Crippen molar-refractivity contribution in [2.24, 2.45) is 0 Å². The molecule has 1 unspecified atom stereocenters. The lowest BCUT2D eigenvalue weighted by Gasteiger charge is -2.06. The van der Waals surface area contributed by atoms with Gasteiger partial charge in [0.05, 0.1) is 11.6 Å². The van der Waals surface area contributed by atoms with Crippen LogP contribution in [0, 0.1) is 17.1 Å². The van der Waals surface area contributed by atoms with E-state index in [4.69, 9.17) is 5.26 Å². The lowest BCUT2D eigenvalue weighted by Crippen LogP contribution is -2.01. The van der Waals surface area contributed by atoms with Crippen LogP contribution in [0.4, 0.5) is 4.39 Å². The van der Waals surface area contributed by atoms with Crippen LogP contribution in [0.3, 0.4) is 0 Å². The summed E-state index contributed by atoms with van der Waals surface area (Å²) in [7, 11) is 0. The molecule has 0 heterocycles. The van der Waals surface area contributed by atoms with Crippen LogP contribution in [0.25, 0.3) is 0 Å². The molecule has 1 aromatic carbocycles. The Kier molecular flexibility index (Phi) is 3.74. The van der Waals surface area contributed by atoms with Crippen LogP contribution in [0.15, 0.2) is 18.2 Å². The van der Waals surface area contributed by atoms with Gasteiger partial charge in [0, 0.05) is 5.75 Å². The summed E-state index contributed by atoms with van der Waals surface area (Å²) in [6.07, 6.45) is 0.235. The van der Waals surface area contributed by atoms with Crippen LogP contribution in [0.1, 0.15) is 11.1 Å². The first-order valence-electron chi connectivity index (χ1n) is 3.88. The van der Waals surface area contributed by atoms with E-state index in [9.17, 15) is 13.2 Å². The van der Waals surface area contributed by atoms with E-state index in [1.54, 1.807) is 0 Å². The molecule has 0 aliphatic rings. The van der Waals surface area contributed by atoms with Gasteiger partial charge in [-0.05, 0) is 24.1 Å². The lowest BCUT2D eigenvalue weighted by molar-refractivity contribution is 0.536. The molecule has 3 nitrogen and oxygen atoms in total. The summed E-state index contributed by atoms with van der Waals surface area (Å²) in [5.41, 5.74) is 0.744. The predicted octanol–water partition coefficient (Wildman–Crippen LogP) is 1.12. The lowest BCUT2D eigenvalue weighted by atomic mass is 10.1. The van der Waals surface area contributed by atoms with E-state index in [1.165, 1.54) is 12.1 Å². The standard InChI is InChI=1S/C9H8FNO2S/c10-9-2-1-7(3-4-14(12)13)8(5-9)6-11/h1-2,5H,3-4H2,(H,12,13)/p-1. The van der Waals surface area contributed by atoms with E-state index in [0.29, 0.717) is 5.56 Å². The van der Waals surface area contributed by atoms with E-state index in [2.05, 4.69) is 0 Å². The molecule has 0 saturated heterocycles. The van der Waals surface area contributed by atoms with E-state index in [0.717, 1.165) is 6.07 Å². The van der Waals surface area contributed by atoms with E-state index >= 15 is 0 Å². The summed E-state index contributed by atoms with van der Waals surface area (Å²) < 4.78 is 33.2. The molecule has 1 aromatic rings. The SMILES string of the molecule is N#Cc1cc(F)ccc1CCS(=O)[O-]. The van der Waals surface area contributed by atoms with Gasteiger partial charge in [-0.15, -0.1) is 0 Å². The number of hydrogen-bond donors (Lipinski definition) is 0. The maximum absolute atomic E-state index is 12.7. The molecule has 0 amide bonds. The molecule has 5 heteroatoms. The highest BCUT2D eigenvalue weighted by Crippen LogP contribution is 2.11. The minimum absolute atomic E-state index is 0.0552. The Hall–Kier alpha value is -1.25. The van der Waals surface area contributed by atoms with Gasteiger partial charge in [0.15, 0.2) is 0 Å². The molecule has 0 N–H and O–H groups in total. The van der Waals surface area contributed by atoms with Crippen molar-refractivity contribution in [2.45, 2.75) is 6.42 Å². The van der Waals surface area contributed by atoms with Crippen LogP contribution >= 0.6 is 0 Å². The molecular weight excluding hydrogens is 205 g/mol. The molecular formula is C9H7FNO2S-. The van der Waals surface area contributed by atoms with Gasteiger partial charge in [-0.2, -0.15) is 5.26 Å². The number of aryl methyl sites for hydroxylation is 1. The first-order chi connectivity index (χ1) is 6.63. The van der Waals surface area contributed by atoms with Crippen molar-refractivity contribution in [1.29, 1.82) is 5.26 Å². The molecule has 0 fully saturated rings. The van der Waals surface area contributed by atoms with E-state index in [-0.39, 0.29) is 17.7 Å². The first-order valence-corrected chi connectivity index (χ1v) is 5.12. The average molecular weight is 212 g/mol. The second kappa shape index (κ2) is 4.84. The zero-order valence-corrected chi connectivity index (χ0v) is 8.01. The Bertz CT molecular complexity index is 400. The number of benzene rings is 1.